The summed E-state index contributed by atoms with van der Waals surface area (Å²) in [7, 11) is 1.75. The maximum Gasteiger partial charge on any atom is 0.234 e. The van der Waals surface area contributed by atoms with Gasteiger partial charge >= 0.3 is 0 Å². The van der Waals surface area contributed by atoms with Gasteiger partial charge in [-0.3, -0.25) is 4.79 Å². The lowest BCUT2D eigenvalue weighted by molar-refractivity contribution is -0.120. The van der Waals surface area contributed by atoms with Gasteiger partial charge in [0.2, 0.25) is 5.91 Å². The van der Waals surface area contributed by atoms with Gasteiger partial charge in [-0.2, -0.15) is 0 Å². The second kappa shape index (κ2) is 5.36. The van der Waals surface area contributed by atoms with E-state index in [-0.39, 0.29) is 5.91 Å². The molecule has 0 bridgehead atoms. The van der Waals surface area contributed by atoms with Crippen LogP contribution in [0.2, 0.25) is 0 Å². The van der Waals surface area contributed by atoms with E-state index in [1.807, 2.05) is 12.1 Å². The first kappa shape index (κ1) is 10.7. The van der Waals surface area contributed by atoms with Crippen LogP contribution < -0.4 is 10.6 Å². The SMILES string of the molecule is CNCC(=O)NCc1ccc(Br)s1. The summed E-state index contributed by atoms with van der Waals surface area (Å²) >= 11 is 4.99. The maximum absolute atomic E-state index is 11.0. The monoisotopic (exact) mass is 262 g/mol. The third-order valence-electron chi connectivity index (χ3n) is 1.43. The molecule has 5 heteroatoms. The topological polar surface area (TPSA) is 41.1 Å². The van der Waals surface area contributed by atoms with E-state index in [0.29, 0.717) is 13.1 Å². The van der Waals surface area contributed by atoms with Crippen molar-refractivity contribution in [3.8, 4) is 0 Å². The predicted molar refractivity (Wildman–Crippen MR) is 57.8 cm³/mol. The Balaban J connectivity index is 2.30. The summed E-state index contributed by atoms with van der Waals surface area (Å²) in [5, 5.41) is 5.59. The van der Waals surface area contributed by atoms with Crippen LogP contribution in [0.5, 0.6) is 0 Å². The fourth-order valence-corrected chi connectivity index (χ4v) is 2.28. The van der Waals surface area contributed by atoms with E-state index < -0.39 is 0 Å². The van der Waals surface area contributed by atoms with Crippen molar-refractivity contribution in [3.05, 3.63) is 20.8 Å². The number of hydrogen-bond donors (Lipinski definition) is 2. The van der Waals surface area contributed by atoms with Gasteiger partial charge in [0.1, 0.15) is 0 Å². The maximum atomic E-state index is 11.0. The Labute approximate surface area is 89.7 Å². The molecule has 1 rings (SSSR count). The molecule has 0 atom stereocenters. The molecule has 0 spiro atoms. The number of rotatable bonds is 4. The van der Waals surface area contributed by atoms with Crippen molar-refractivity contribution >= 4 is 33.2 Å². The van der Waals surface area contributed by atoms with Crippen LogP contribution in [0.1, 0.15) is 4.88 Å². The molecule has 0 unspecified atom stereocenters. The molecule has 3 nitrogen and oxygen atoms in total. The van der Waals surface area contributed by atoms with Crippen molar-refractivity contribution in [2.75, 3.05) is 13.6 Å². The summed E-state index contributed by atoms with van der Waals surface area (Å²) in [5.74, 6) is 0.0204. The number of halogens is 1. The Morgan fingerprint density at radius 1 is 1.62 bits per heavy atom. The van der Waals surface area contributed by atoms with E-state index in [4.69, 9.17) is 0 Å². The first-order chi connectivity index (χ1) is 6.22. The summed E-state index contributed by atoms with van der Waals surface area (Å²) in [4.78, 5) is 12.2. The molecule has 72 valence electrons. The van der Waals surface area contributed by atoms with Gasteiger partial charge in [0.15, 0.2) is 0 Å². The molecule has 0 aromatic carbocycles. The highest BCUT2D eigenvalue weighted by Gasteiger charge is 2.00. The number of nitrogens with one attached hydrogen (secondary N) is 2. The van der Waals surface area contributed by atoms with Gasteiger partial charge in [-0.1, -0.05) is 0 Å². The van der Waals surface area contributed by atoms with Crippen LogP contribution >= 0.6 is 27.3 Å². The molecule has 0 saturated heterocycles. The van der Waals surface area contributed by atoms with Crippen molar-refractivity contribution in [3.63, 3.8) is 0 Å². The average molecular weight is 263 g/mol. The van der Waals surface area contributed by atoms with Crippen LogP contribution in [0.25, 0.3) is 0 Å². The van der Waals surface area contributed by atoms with Crippen LogP contribution in [-0.2, 0) is 11.3 Å². The van der Waals surface area contributed by atoms with E-state index in [1.165, 1.54) is 0 Å². The molecule has 0 radical (unpaired) electrons. The molecule has 0 aliphatic heterocycles. The minimum atomic E-state index is 0.0204. The Morgan fingerprint density at radius 3 is 2.92 bits per heavy atom. The Bertz CT molecular complexity index is 287. The molecule has 1 heterocycles. The van der Waals surface area contributed by atoms with Crippen LogP contribution in [0.3, 0.4) is 0 Å². The van der Waals surface area contributed by atoms with E-state index >= 15 is 0 Å². The van der Waals surface area contributed by atoms with Crippen LogP contribution in [0.4, 0.5) is 0 Å². The fraction of sp³-hybridized carbons (Fsp3) is 0.375. The second-order valence-electron chi connectivity index (χ2n) is 2.51. The predicted octanol–water partition coefficient (Wildman–Crippen LogP) is 1.35. The second-order valence-corrected chi connectivity index (χ2v) is 5.06. The third kappa shape index (κ3) is 3.89. The smallest absolute Gasteiger partial charge is 0.234 e. The van der Waals surface area contributed by atoms with Gasteiger partial charge in [-0.25, -0.2) is 0 Å². The zero-order valence-electron chi connectivity index (χ0n) is 7.26. The first-order valence-electron chi connectivity index (χ1n) is 3.88. The molecular formula is C8H11BrN2OS. The van der Waals surface area contributed by atoms with Gasteiger partial charge in [0.05, 0.1) is 16.9 Å². The Morgan fingerprint density at radius 2 is 2.38 bits per heavy atom. The van der Waals surface area contributed by atoms with Crippen LogP contribution in [0, 0.1) is 0 Å². The first-order valence-corrected chi connectivity index (χ1v) is 5.49. The standard InChI is InChI=1S/C8H11BrN2OS/c1-10-5-8(12)11-4-6-2-3-7(9)13-6/h2-3,10H,4-5H2,1H3,(H,11,12). The summed E-state index contributed by atoms with van der Waals surface area (Å²) in [6.45, 7) is 0.976. The fourth-order valence-electron chi connectivity index (χ4n) is 0.856. The average Bonchev–Trinajstić information content (AvgIpc) is 2.49. The quantitative estimate of drug-likeness (QED) is 0.860. The van der Waals surface area contributed by atoms with E-state index in [2.05, 4.69) is 26.6 Å². The van der Waals surface area contributed by atoms with Gasteiger partial charge < -0.3 is 10.6 Å². The molecule has 0 aliphatic carbocycles. The summed E-state index contributed by atoms with van der Waals surface area (Å²) < 4.78 is 1.09. The Hall–Kier alpha value is -0.390. The summed E-state index contributed by atoms with van der Waals surface area (Å²) in [6.07, 6.45) is 0. The highest BCUT2D eigenvalue weighted by atomic mass is 79.9. The highest BCUT2D eigenvalue weighted by Crippen LogP contribution is 2.21. The lowest BCUT2D eigenvalue weighted by Gasteiger charge is -2.01. The Kier molecular flexibility index (Phi) is 4.41. The number of likely N-dealkylation sites (N-methyl/N-ethyl adjacent to an activating group) is 1. The molecule has 2 N–H and O–H groups in total. The number of hydrogen-bond acceptors (Lipinski definition) is 3. The summed E-state index contributed by atoms with van der Waals surface area (Å²) in [5.41, 5.74) is 0. The van der Waals surface area contributed by atoms with Crippen molar-refractivity contribution in [2.45, 2.75) is 6.54 Å². The van der Waals surface area contributed by atoms with E-state index in [9.17, 15) is 4.79 Å². The zero-order chi connectivity index (χ0) is 9.68. The zero-order valence-corrected chi connectivity index (χ0v) is 9.67. The van der Waals surface area contributed by atoms with Crippen LogP contribution in [0.15, 0.2) is 15.9 Å². The number of carbonyl (C=O) groups is 1. The van der Waals surface area contributed by atoms with E-state index in [1.54, 1.807) is 18.4 Å². The summed E-state index contributed by atoms with van der Waals surface area (Å²) in [6, 6.07) is 3.97. The molecule has 13 heavy (non-hydrogen) atoms. The van der Waals surface area contributed by atoms with E-state index in [0.717, 1.165) is 8.66 Å². The molecule has 0 fully saturated rings. The molecule has 1 amide bonds. The van der Waals surface area contributed by atoms with Crippen molar-refractivity contribution in [1.29, 1.82) is 0 Å². The normalized spacial score (nSPS) is 10.0. The lowest BCUT2D eigenvalue weighted by Crippen LogP contribution is -2.31. The largest absolute Gasteiger partial charge is 0.350 e. The van der Waals surface area contributed by atoms with Crippen molar-refractivity contribution in [2.24, 2.45) is 0 Å². The molecule has 0 aliphatic rings. The van der Waals surface area contributed by atoms with Gasteiger partial charge in [-0.15, -0.1) is 11.3 Å². The van der Waals surface area contributed by atoms with Crippen molar-refractivity contribution in [1.82, 2.24) is 10.6 Å². The van der Waals surface area contributed by atoms with Gasteiger partial charge in [0, 0.05) is 4.88 Å². The number of thiophene rings is 1. The molecule has 1 aromatic rings. The minimum Gasteiger partial charge on any atom is -0.350 e. The lowest BCUT2D eigenvalue weighted by atomic mass is 10.4. The van der Waals surface area contributed by atoms with Crippen LogP contribution in [-0.4, -0.2) is 19.5 Å². The van der Waals surface area contributed by atoms with Gasteiger partial charge in [0.25, 0.3) is 0 Å². The van der Waals surface area contributed by atoms with Gasteiger partial charge in [-0.05, 0) is 35.1 Å². The molecule has 0 saturated carbocycles. The molecule has 1 aromatic heterocycles. The minimum absolute atomic E-state index is 0.0204. The van der Waals surface area contributed by atoms with Crippen molar-refractivity contribution < 1.29 is 4.79 Å². The number of amides is 1. The number of carbonyl (C=O) groups excluding carboxylic acids is 1. The highest BCUT2D eigenvalue weighted by molar-refractivity contribution is 9.11. The molecular weight excluding hydrogens is 252 g/mol. The third-order valence-corrected chi connectivity index (χ3v) is 3.05.